The van der Waals surface area contributed by atoms with Crippen molar-refractivity contribution in [2.45, 2.75) is 0 Å². The molecule has 1 heterocycles. The second kappa shape index (κ2) is 5.98. The molecule has 0 aliphatic heterocycles. The lowest BCUT2D eigenvalue weighted by molar-refractivity contribution is 0.0698. The molecule has 0 saturated carbocycles. The van der Waals surface area contributed by atoms with Gasteiger partial charge in [-0.05, 0) is 18.2 Å². The number of nitrogens with zero attached hydrogens (tertiary/aromatic N) is 2. The van der Waals surface area contributed by atoms with E-state index in [1.54, 1.807) is 6.07 Å². The molecule has 6 nitrogen and oxygen atoms in total. The van der Waals surface area contributed by atoms with Gasteiger partial charge in [0.2, 0.25) is 0 Å². The maximum absolute atomic E-state index is 11.9. The number of anilines is 1. The van der Waals surface area contributed by atoms with E-state index < -0.39 is 11.9 Å². The molecule has 2 N–H and O–H groups in total. The summed E-state index contributed by atoms with van der Waals surface area (Å²) in [7, 11) is 0. The van der Waals surface area contributed by atoms with Crippen molar-refractivity contribution in [3.05, 3.63) is 51.5 Å². The number of benzene rings is 1. The lowest BCUT2D eigenvalue weighted by atomic mass is 10.2. The molecule has 20 heavy (non-hydrogen) atoms. The average molecular weight is 357 g/mol. The first-order chi connectivity index (χ1) is 9.47. The molecule has 0 unspecified atom stereocenters. The van der Waals surface area contributed by atoms with E-state index in [1.165, 1.54) is 24.5 Å². The molecule has 0 atom stereocenters. The highest BCUT2D eigenvalue weighted by Gasteiger charge is 2.15. The van der Waals surface area contributed by atoms with Gasteiger partial charge < -0.3 is 10.4 Å². The fraction of sp³-hybridized carbons (Fsp3) is 0. The number of amides is 1. The van der Waals surface area contributed by atoms with Crippen LogP contribution in [0.1, 0.15) is 20.8 Å². The zero-order valence-corrected chi connectivity index (χ0v) is 12.1. The van der Waals surface area contributed by atoms with E-state index in [1.807, 2.05) is 0 Å². The number of aromatic nitrogens is 2. The van der Waals surface area contributed by atoms with Gasteiger partial charge in [-0.1, -0.05) is 27.5 Å². The van der Waals surface area contributed by atoms with Gasteiger partial charge in [0.05, 0.1) is 23.6 Å². The van der Waals surface area contributed by atoms with Crippen molar-refractivity contribution in [2.75, 3.05) is 5.32 Å². The van der Waals surface area contributed by atoms with Crippen molar-refractivity contribution in [2.24, 2.45) is 0 Å². The number of aromatic carboxylic acids is 1. The maximum Gasteiger partial charge on any atom is 0.337 e. The Balaban J connectivity index is 2.30. The Morgan fingerprint density at radius 2 is 2.05 bits per heavy atom. The molecule has 102 valence electrons. The van der Waals surface area contributed by atoms with Crippen LogP contribution in [0.5, 0.6) is 0 Å². The van der Waals surface area contributed by atoms with Crippen LogP contribution in [0.3, 0.4) is 0 Å². The second-order valence-electron chi connectivity index (χ2n) is 3.68. The summed E-state index contributed by atoms with van der Waals surface area (Å²) in [4.78, 5) is 30.6. The van der Waals surface area contributed by atoms with Crippen LogP contribution in [-0.2, 0) is 0 Å². The number of carboxylic acid groups (broad SMARTS) is 1. The van der Waals surface area contributed by atoms with Crippen LogP contribution < -0.4 is 5.32 Å². The Hall–Kier alpha value is -1.99. The summed E-state index contributed by atoms with van der Waals surface area (Å²) >= 11 is 8.81. The van der Waals surface area contributed by atoms with Crippen LogP contribution in [0.4, 0.5) is 5.69 Å². The molecule has 0 saturated heterocycles. The summed E-state index contributed by atoms with van der Waals surface area (Å²) in [5.41, 5.74) is 0.118. The number of rotatable bonds is 3. The molecule has 0 fully saturated rings. The Kier molecular flexibility index (Phi) is 4.31. The van der Waals surface area contributed by atoms with Gasteiger partial charge in [-0.2, -0.15) is 0 Å². The maximum atomic E-state index is 11.9. The summed E-state index contributed by atoms with van der Waals surface area (Å²) in [6.07, 6.45) is 2.53. The molecule has 0 radical (unpaired) electrons. The van der Waals surface area contributed by atoms with Crippen molar-refractivity contribution in [1.29, 1.82) is 0 Å². The SMILES string of the molecule is O=C(Nc1ccc(Br)cc1C(=O)O)c1cncc(Cl)n1. The smallest absolute Gasteiger partial charge is 0.337 e. The van der Waals surface area contributed by atoms with E-state index in [4.69, 9.17) is 16.7 Å². The first kappa shape index (κ1) is 14.4. The monoisotopic (exact) mass is 355 g/mol. The van der Waals surface area contributed by atoms with Gasteiger partial charge in [0.15, 0.2) is 0 Å². The number of halogens is 2. The van der Waals surface area contributed by atoms with Crippen LogP contribution in [0.15, 0.2) is 35.1 Å². The van der Waals surface area contributed by atoms with E-state index >= 15 is 0 Å². The molecule has 0 aliphatic carbocycles. The normalized spacial score (nSPS) is 10.1. The predicted octanol–water partition coefficient (Wildman–Crippen LogP) is 2.84. The van der Waals surface area contributed by atoms with Gasteiger partial charge in [-0.3, -0.25) is 9.78 Å². The minimum absolute atomic E-state index is 0.00300. The Bertz CT molecular complexity index is 693. The summed E-state index contributed by atoms with van der Waals surface area (Å²) in [5.74, 6) is -1.75. The first-order valence-corrected chi connectivity index (χ1v) is 6.46. The highest BCUT2D eigenvalue weighted by Crippen LogP contribution is 2.21. The van der Waals surface area contributed by atoms with Gasteiger partial charge in [0, 0.05) is 4.47 Å². The lowest BCUT2D eigenvalue weighted by Crippen LogP contribution is -2.16. The highest BCUT2D eigenvalue weighted by molar-refractivity contribution is 9.10. The molecular weight excluding hydrogens is 350 g/mol. The van der Waals surface area contributed by atoms with Crippen molar-refractivity contribution in [3.8, 4) is 0 Å². The quantitative estimate of drug-likeness (QED) is 0.882. The standard InChI is InChI=1S/C12H7BrClN3O3/c13-6-1-2-8(7(3-6)12(19)20)17-11(18)9-4-15-5-10(14)16-9/h1-5H,(H,17,18)(H,19,20). The molecule has 1 amide bonds. The predicted molar refractivity (Wildman–Crippen MR) is 76.1 cm³/mol. The molecule has 2 aromatic rings. The van der Waals surface area contributed by atoms with Crippen LogP contribution in [0.2, 0.25) is 5.15 Å². The number of hydrogen-bond acceptors (Lipinski definition) is 4. The number of carbonyl (C=O) groups is 2. The minimum atomic E-state index is -1.15. The Morgan fingerprint density at radius 1 is 1.30 bits per heavy atom. The van der Waals surface area contributed by atoms with Gasteiger partial charge in [-0.25, -0.2) is 9.78 Å². The van der Waals surface area contributed by atoms with Crippen molar-refractivity contribution < 1.29 is 14.7 Å². The van der Waals surface area contributed by atoms with E-state index in [2.05, 4.69) is 31.2 Å². The number of hydrogen-bond donors (Lipinski definition) is 2. The lowest BCUT2D eigenvalue weighted by Gasteiger charge is -2.08. The van der Waals surface area contributed by atoms with Gasteiger partial charge >= 0.3 is 5.97 Å². The molecule has 8 heteroatoms. The van der Waals surface area contributed by atoms with Crippen LogP contribution in [0.25, 0.3) is 0 Å². The third-order valence-electron chi connectivity index (χ3n) is 2.30. The fourth-order valence-corrected chi connectivity index (χ4v) is 1.95. The molecule has 1 aromatic carbocycles. The van der Waals surface area contributed by atoms with E-state index in [0.717, 1.165) is 0 Å². The summed E-state index contributed by atoms with van der Waals surface area (Å²) < 4.78 is 0.593. The molecular formula is C12H7BrClN3O3. The van der Waals surface area contributed by atoms with Crippen molar-refractivity contribution in [1.82, 2.24) is 9.97 Å². The second-order valence-corrected chi connectivity index (χ2v) is 4.98. The highest BCUT2D eigenvalue weighted by atomic mass is 79.9. The third-order valence-corrected chi connectivity index (χ3v) is 2.97. The largest absolute Gasteiger partial charge is 0.478 e. The zero-order chi connectivity index (χ0) is 14.7. The molecule has 0 aliphatic rings. The van der Waals surface area contributed by atoms with Gasteiger partial charge in [-0.15, -0.1) is 0 Å². The van der Waals surface area contributed by atoms with Crippen LogP contribution in [0, 0.1) is 0 Å². The minimum Gasteiger partial charge on any atom is -0.478 e. The summed E-state index contributed by atoms with van der Waals surface area (Å²) in [6, 6.07) is 4.48. The number of nitrogens with one attached hydrogen (secondary N) is 1. The summed E-state index contributed by atoms with van der Waals surface area (Å²) in [5, 5.41) is 11.6. The van der Waals surface area contributed by atoms with Gasteiger partial charge in [0.25, 0.3) is 5.91 Å². The Morgan fingerprint density at radius 3 is 2.70 bits per heavy atom. The van der Waals surface area contributed by atoms with Crippen LogP contribution >= 0.6 is 27.5 Å². The van der Waals surface area contributed by atoms with Crippen molar-refractivity contribution in [3.63, 3.8) is 0 Å². The first-order valence-electron chi connectivity index (χ1n) is 5.29. The Labute approximate surface area is 126 Å². The number of carboxylic acids is 1. The number of carbonyl (C=O) groups excluding carboxylic acids is 1. The van der Waals surface area contributed by atoms with E-state index in [0.29, 0.717) is 4.47 Å². The summed E-state index contributed by atoms with van der Waals surface area (Å²) in [6.45, 7) is 0. The zero-order valence-electron chi connectivity index (χ0n) is 9.80. The molecule has 0 spiro atoms. The average Bonchev–Trinajstić information content (AvgIpc) is 2.40. The van der Waals surface area contributed by atoms with Crippen molar-refractivity contribution >= 4 is 45.1 Å². The molecule has 0 bridgehead atoms. The van der Waals surface area contributed by atoms with E-state index in [9.17, 15) is 9.59 Å². The third kappa shape index (κ3) is 3.31. The fourth-order valence-electron chi connectivity index (χ4n) is 1.44. The van der Waals surface area contributed by atoms with E-state index in [-0.39, 0.29) is 22.1 Å². The van der Waals surface area contributed by atoms with Crippen LogP contribution in [-0.4, -0.2) is 27.0 Å². The molecule has 1 aromatic heterocycles. The van der Waals surface area contributed by atoms with Gasteiger partial charge in [0.1, 0.15) is 10.8 Å². The topological polar surface area (TPSA) is 92.2 Å². The molecule has 2 rings (SSSR count).